The summed E-state index contributed by atoms with van der Waals surface area (Å²) in [6, 6.07) is 16.6. The van der Waals surface area contributed by atoms with Gasteiger partial charge in [-0.2, -0.15) is 0 Å². The second-order valence-corrected chi connectivity index (χ2v) is 3.82. The molecule has 2 rings (SSSR count). The Labute approximate surface area is 106 Å². The van der Waals surface area contributed by atoms with Gasteiger partial charge in [0, 0.05) is 5.56 Å². The molecule has 0 saturated heterocycles. The molecule has 0 radical (unpaired) electrons. The zero-order valence-electron chi connectivity index (χ0n) is 10.0. The van der Waals surface area contributed by atoms with Gasteiger partial charge in [0.15, 0.2) is 5.75 Å². The quantitative estimate of drug-likeness (QED) is 0.466. The molecule has 3 nitrogen and oxygen atoms in total. The maximum atomic E-state index is 10.5. The number of rotatable bonds is 4. The van der Waals surface area contributed by atoms with E-state index in [0.717, 1.165) is 17.6 Å². The molecular weight excluding hydrogens is 226 g/mol. The van der Waals surface area contributed by atoms with Crippen LogP contribution in [0.25, 0.3) is 0 Å². The molecule has 0 aliphatic carbocycles. The third-order valence-electron chi connectivity index (χ3n) is 2.50. The van der Waals surface area contributed by atoms with E-state index in [4.69, 9.17) is 4.84 Å². The number of benzene rings is 2. The molecule has 0 fully saturated rings. The van der Waals surface area contributed by atoms with Gasteiger partial charge in [-0.15, -0.1) is 0 Å². The predicted octanol–water partition coefficient (Wildman–Crippen LogP) is 3.30. The van der Waals surface area contributed by atoms with Crippen LogP contribution in [0, 0.1) is 0 Å². The maximum absolute atomic E-state index is 10.5. The van der Waals surface area contributed by atoms with Crippen LogP contribution >= 0.6 is 0 Å². The van der Waals surface area contributed by atoms with Crippen molar-refractivity contribution in [1.29, 1.82) is 0 Å². The Kier molecular flexibility index (Phi) is 3.86. The lowest BCUT2D eigenvalue weighted by Crippen LogP contribution is -1.97. The van der Waals surface area contributed by atoms with Crippen molar-refractivity contribution in [2.75, 3.05) is 0 Å². The average Bonchev–Trinajstić information content (AvgIpc) is 2.46. The van der Waals surface area contributed by atoms with E-state index in [0.29, 0.717) is 11.3 Å². The van der Waals surface area contributed by atoms with Crippen molar-refractivity contribution in [2.24, 2.45) is 5.16 Å². The summed E-state index contributed by atoms with van der Waals surface area (Å²) in [4.78, 5) is 15.8. The van der Waals surface area contributed by atoms with Crippen molar-refractivity contribution in [3.63, 3.8) is 0 Å². The van der Waals surface area contributed by atoms with E-state index in [9.17, 15) is 4.79 Å². The third-order valence-corrected chi connectivity index (χ3v) is 2.50. The summed E-state index contributed by atoms with van der Waals surface area (Å²) in [5.74, 6) is 0.607. The van der Waals surface area contributed by atoms with E-state index < -0.39 is 0 Å². The molecule has 2 aromatic rings. The highest BCUT2D eigenvalue weighted by Crippen LogP contribution is 2.12. The molecule has 0 saturated carbocycles. The van der Waals surface area contributed by atoms with Gasteiger partial charge in [0.1, 0.15) is 6.29 Å². The van der Waals surface area contributed by atoms with Gasteiger partial charge in [0.2, 0.25) is 0 Å². The van der Waals surface area contributed by atoms with E-state index in [-0.39, 0.29) is 0 Å². The Morgan fingerprint density at radius 2 is 1.72 bits per heavy atom. The molecule has 0 spiro atoms. The smallest absolute Gasteiger partial charge is 0.158 e. The summed E-state index contributed by atoms with van der Waals surface area (Å²) < 4.78 is 0. The second-order valence-electron chi connectivity index (χ2n) is 3.82. The van der Waals surface area contributed by atoms with Crippen LogP contribution in [0.4, 0.5) is 0 Å². The summed E-state index contributed by atoms with van der Waals surface area (Å²) in [5.41, 5.74) is 2.43. The zero-order valence-corrected chi connectivity index (χ0v) is 10.0. The van der Waals surface area contributed by atoms with Gasteiger partial charge < -0.3 is 4.84 Å². The summed E-state index contributed by atoms with van der Waals surface area (Å²) in [7, 11) is 0. The molecule has 0 aromatic heterocycles. The van der Waals surface area contributed by atoms with Crippen molar-refractivity contribution in [2.45, 2.75) is 6.92 Å². The van der Waals surface area contributed by atoms with Crippen molar-refractivity contribution in [1.82, 2.24) is 0 Å². The molecule has 0 N–H and O–H groups in total. The van der Waals surface area contributed by atoms with Crippen LogP contribution in [-0.4, -0.2) is 12.0 Å². The van der Waals surface area contributed by atoms with E-state index in [1.807, 2.05) is 37.3 Å². The predicted molar refractivity (Wildman–Crippen MR) is 71.1 cm³/mol. The van der Waals surface area contributed by atoms with Crippen molar-refractivity contribution in [3.05, 3.63) is 65.7 Å². The van der Waals surface area contributed by atoms with E-state index in [1.54, 1.807) is 24.3 Å². The Bertz CT molecular complexity index is 544. The molecule has 3 heteroatoms. The summed E-state index contributed by atoms with van der Waals surface area (Å²) in [5, 5.41) is 4.05. The van der Waals surface area contributed by atoms with Gasteiger partial charge in [-0.1, -0.05) is 35.5 Å². The molecule has 0 amide bonds. The monoisotopic (exact) mass is 239 g/mol. The Morgan fingerprint density at radius 1 is 1.06 bits per heavy atom. The highest BCUT2D eigenvalue weighted by molar-refractivity contribution is 5.98. The van der Waals surface area contributed by atoms with E-state index in [1.165, 1.54) is 0 Å². The first-order chi connectivity index (χ1) is 8.79. The van der Waals surface area contributed by atoms with Gasteiger partial charge in [0.25, 0.3) is 0 Å². The Morgan fingerprint density at radius 3 is 2.33 bits per heavy atom. The minimum atomic E-state index is 0.607. The summed E-state index contributed by atoms with van der Waals surface area (Å²) >= 11 is 0. The van der Waals surface area contributed by atoms with Crippen LogP contribution in [0.5, 0.6) is 5.75 Å². The Hall–Kier alpha value is -2.42. The van der Waals surface area contributed by atoms with Crippen LogP contribution in [0.2, 0.25) is 0 Å². The number of oxime groups is 1. The molecular formula is C15H13NO2. The maximum Gasteiger partial charge on any atom is 0.158 e. The van der Waals surface area contributed by atoms with Gasteiger partial charge in [-0.25, -0.2) is 0 Å². The number of aldehydes is 1. The zero-order chi connectivity index (χ0) is 12.8. The first-order valence-corrected chi connectivity index (χ1v) is 5.62. The normalized spacial score (nSPS) is 11.1. The topological polar surface area (TPSA) is 38.7 Å². The minimum absolute atomic E-state index is 0.607. The molecule has 0 atom stereocenters. The van der Waals surface area contributed by atoms with Crippen molar-refractivity contribution >= 4 is 12.0 Å². The van der Waals surface area contributed by atoms with Crippen LogP contribution in [-0.2, 0) is 0 Å². The molecule has 18 heavy (non-hydrogen) atoms. The number of hydrogen-bond donors (Lipinski definition) is 0. The van der Waals surface area contributed by atoms with Gasteiger partial charge in [0.05, 0.1) is 5.71 Å². The lowest BCUT2D eigenvalue weighted by Gasteiger charge is -2.02. The molecule has 90 valence electrons. The number of nitrogens with zero attached hydrogens (tertiary/aromatic N) is 1. The van der Waals surface area contributed by atoms with Crippen LogP contribution in [0.3, 0.4) is 0 Å². The van der Waals surface area contributed by atoms with E-state index >= 15 is 0 Å². The third kappa shape index (κ3) is 3.04. The first-order valence-electron chi connectivity index (χ1n) is 5.62. The Balaban J connectivity index is 2.08. The number of hydrogen-bond acceptors (Lipinski definition) is 3. The highest BCUT2D eigenvalue weighted by Gasteiger charge is 1.97. The fourth-order valence-corrected chi connectivity index (χ4v) is 1.46. The van der Waals surface area contributed by atoms with E-state index in [2.05, 4.69) is 5.16 Å². The van der Waals surface area contributed by atoms with Gasteiger partial charge in [-0.3, -0.25) is 4.79 Å². The fraction of sp³-hybridized carbons (Fsp3) is 0.0667. The van der Waals surface area contributed by atoms with Crippen molar-refractivity contribution < 1.29 is 9.63 Å². The molecule has 0 heterocycles. The number of carbonyl (C=O) groups is 1. The molecule has 0 bridgehead atoms. The lowest BCUT2D eigenvalue weighted by atomic mass is 10.1. The minimum Gasteiger partial charge on any atom is -0.357 e. The standard InChI is InChI=1S/C15H13NO2/c1-12(14-5-3-2-4-6-14)16-18-15-9-7-13(11-17)8-10-15/h2-11H,1H3/b16-12-. The van der Waals surface area contributed by atoms with Gasteiger partial charge in [-0.05, 0) is 36.8 Å². The summed E-state index contributed by atoms with van der Waals surface area (Å²) in [6.45, 7) is 1.88. The second kappa shape index (κ2) is 5.77. The molecule has 0 unspecified atom stereocenters. The van der Waals surface area contributed by atoms with Crippen LogP contribution < -0.4 is 4.84 Å². The summed E-state index contributed by atoms with van der Waals surface area (Å²) in [6.07, 6.45) is 0.794. The molecule has 0 aliphatic rings. The highest BCUT2D eigenvalue weighted by atomic mass is 16.6. The average molecular weight is 239 g/mol. The fourth-order valence-electron chi connectivity index (χ4n) is 1.46. The van der Waals surface area contributed by atoms with Gasteiger partial charge >= 0.3 is 0 Å². The SMILES string of the molecule is C/C(=N/Oc1ccc(C=O)cc1)c1ccccc1. The molecule has 0 aliphatic heterocycles. The van der Waals surface area contributed by atoms with Crippen LogP contribution in [0.1, 0.15) is 22.8 Å². The largest absolute Gasteiger partial charge is 0.357 e. The van der Waals surface area contributed by atoms with Crippen LogP contribution in [0.15, 0.2) is 59.8 Å². The molecule has 2 aromatic carbocycles. The van der Waals surface area contributed by atoms with Crippen molar-refractivity contribution in [3.8, 4) is 5.75 Å². The first kappa shape index (κ1) is 12.0. The number of carbonyl (C=O) groups excluding carboxylic acids is 1. The lowest BCUT2D eigenvalue weighted by molar-refractivity contribution is 0.112.